The SMILES string of the molecule is Cc1cc2c(ccc3c2oc2ccnc(-c4cc(C(C)(C)C)c5ccccc5c4)c23)o1. The van der Waals surface area contributed by atoms with Crippen LogP contribution >= 0.6 is 0 Å². The molecule has 3 heterocycles. The Morgan fingerprint density at radius 3 is 2.45 bits per heavy atom. The van der Waals surface area contributed by atoms with Crippen molar-refractivity contribution in [3.63, 3.8) is 0 Å². The van der Waals surface area contributed by atoms with Gasteiger partial charge in [-0.3, -0.25) is 4.98 Å². The van der Waals surface area contributed by atoms with E-state index in [4.69, 9.17) is 13.8 Å². The first kappa shape index (κ1) is 18.2. The zero-order chi connectivity index (χ0) is 21.3. The first-order valence-electron chi connectivity index (χ1n) is 10.6. The molecule has 0 N–H and O–H groups in total. The number of hydrogen-bond acceptors (Lipinski definition) is 3. The second-order valence-corrected chi connectivity index (χ2v) is 9.34. The van der Waals surface area contributed by atoms with Crippen molar-refractivity contribution in [2.75, 3.05) is 0 Å². The molecule has 3 heteroatoms. The van der Waals surface area contributed by atoms with Crippen LogP contribution in [0.4, 0.5) is 0 Å². The average Bonchev–Trinajstić information content (AvgIpc) is 3.31. The molecule has 6 rings (SSSR count). The van der Waals surface area contributed by atoms with E-state index in [1.165, 1.54) is 16.3 Å². The predicted octanol–water partition coefficient (Wildman–Crippen LogP) is 8.15. The summed E-state index contributed by atoms with van der Waals surface area (Å²) in [6.45, 7) is 8.75. The molecule has 0 unspecified atom stereocenters. The van der Waals surface area contributed by atoms with E-state index in [2.05, 4.69) is 63.2 Å². The number of aryl methyl sites for hydroxylation is 1. The lowest BCUT2D eigenvalue weighted by molar-refractivity contribution is 0.578. The van der Waals surface area contributed by atoms with E-state index in [0.29, 0.717) is 0 Å². The highest BCUT2D eigenvalue weighted by Gasteiger charge is 2.21. The van der Waals surface area contributed by atoms with Gasteiger partial charge in [-0.05, 0) is 65.1 Å². The van der Waals surface area contributed by atoms with Crippen LogP contribution in [0.1, 0.15) is 32.1 Å². The number of aromatic nitrogens is 1. The molecule has 0 aliphatic heterocycles. The second kappa shape index (κ2) is 6.21. The minimum atomic E-state index is 0.0163. The zero-order valence-electron chi connectivity index (χ0n) is 18.1. The molecule has 0 amide bonds. The Balaban J connectivity index is 1.72. The fraction of sp³-hybridized carbons (Fsp3) is 0.179. The van der Waals surface area contributed by atoms with E-state index < -0.39 is 0 Å². The number of hydrogen-bond donors (Lipinski definition) is 0. The molecule has 0 atom stereocenters. The molecule has 31 heavy (non-hydrogen) atoms. The van der Waals surface area contributed by atoms with Crippen LogP contribution < -0.4 is 0 Å². The minimum Gasteiger partial charge on any atom is -0.461 e. The van der Waals surface area contributed by atoms with Gasteiger partial charge in [-0.15, -0.1) is 0 Å². The van der Waals surface area contributed by atoms with Gasteiger partial charge in [-0.1, -0.05) is 45.0 Å². The summed E-state index contributed by atoms with van der Waals surface area (Å²) in [5.41, 5.74) is 5.95. The third-order valence-corrected chi connectivity index (χ3v) is 6.11. The Bertz CT molecular complexity index is 1630. The third-order valence-electron chi connectivity index (χ3n) is 6.11. The highest BCUT2D eigenvalue weighted by Crippen LogP contribution is 2.41. The molecule has 0 spiro atoms. The van der Waals surface area contributed by atoms with Gasteiger partial charge in [0.15, 0.2) is 0 Å². The number of fused-ring (bicyclic) bond motifs is 6. The van der Waals surface area contributed by atoms with Crippen molar-refractivity contribution in [3.8, 4) is 11.3 Å². The summed E-state index contributed by atoms with van der Waals surface area (Å²) in [5, 5.41) is 5.64. The number of pyridine rings is 1. The Hall–Kier alpha value is -3.59. The lowest BCUT2D eigenvalue weighted by atomic mass is 9.82. The topological polar surface area (TPSA) is 39.2 Å². The maximum atomic E-state index is 6.33. The van der Waals surface area contributed by atoms with Crippen LogP contribution in [0, 0.1) is 6.92 Å². The van der Waals surface area contributed by atoms with E-state index in [1.54, 1.807) is 0 Å². The molecule has 0 radical (unpaired) electrons. The quantitative estimate of drug-likeness (QED) is 0.277. The highest BCUT2D eigenvalue weighted by atomic mass is 16.3. The predicted molar refractivity (Wildman–Crippen MR) is 128 cm³/mol. The first-order chi connectivity index (χ1) is 14.9. The summed E-state index contributed by atoms with van der Waals surface area (Å²) in [7, 11) is 0. The maximum Gasteiger partial charge on any atom is 0.146 e. The largest absolute Gasteiger partial charge is 0.461 e. The molecule has 0 saturated carbocycles. The van der Waals surface area contributed by atoms with E-state index in [9.17, 15) is 0 Å². The Morgan fingerprint density at radius 2 is 1.61 bits per heavy atom. The first-order valence-corrected chi connectivity index (χ1v) is 10.6. The van der Waals surface area contributed by atoms with Crippen LogP contribution in [-0.4, -0.2) is 4.98 Å². The monoisotopic (exact) mass is 405 g/mol. The number of furan rings is 2. The fourth-order valence-electron chi connectivity index (χ4n) is 4.71. The van der Waals surface area contributed by atoms with Crippen molar-refractivity contribution in [2.45, 2.75) is 33.1 Å². The molecule has 152 valence electrons. The van der Waals surface area contributed by atoms with Crippen molar-refractivity contribution in [2.24, 2.45) is 0 Å². The van der Waals surface area contributed by atoms with E-state index >= 15 is 0 Å². The molecule has 0 aliphatic carbocycles. The second-order valence-electron chi connectivity index (χ2n) is 9.34. The highest BCUT2D eigenvalue weighted by molar-refractivity contribution is 6.18. The summed E-state index contributed by atoms with van der Waals surface area (Å²) in [6, 6.07) is 21.2. The van der Waals surface area contributed by atoms with Crippen molar-refractivity contribution in [3.05, 3.63) is 78.2 Å². The van der Waals surface area contributed by atoms with E-state index in [-0.39, 0.29) is 5.41 Å². The van der Waals surface area contributed by atoms with Gasteiger partial charge >= 0.3 is 0 Å². The van der Waals surface area contributed by atoms with Crippen molar-refractivity contribution in [1.82, 2.24) is 4.98 Å². The van der Waals surface area contributed by atoms with Crippen LogP contribution in [0.15, 0.2) is 75.7 Å². The van der Waals surface area contributed by atoms with Crippen LogP contribution in [0.25, 0.3) is 54.9 Å². The van der Waals surface area contributed by atoms with Crippen LogP contribution in [0.3, 0.4) is 0 Å². The molecular formula is C28H23NO2. The fourth-order valence-corrected chi connectivity index (χ4v) is 4.71. The maximum absolute atomic E-state index is 6.33. The number of benzene rings is 3. The summed E-state index contributed by atoms with van der Waals surface area (Å²) in [5.74, 6) is 0.880. The van der Waals surface area contributed by atoms with Gasteiger partial charge in [-0.25, -0.2) is 0 Å². The molecule has 3 nitrogen and oxygen atoms in total. The lowest BCUT2D eigenvalue weighted by Gasteiger charge is -2.22. The summed E-state index contributed by atoms with van der Waals surface area (Å²) in [4.78, 5) is 4.83. The van der Waals surface area contributed by atoms with E-state index in [1.807, 2.05) is 31.3 Å². The van der Waals surface area contributed by atoms with Gasteiger partial charge in [0.2, 0.25) is 0 Å². The molecule has 0 fully saturated rings. The van der Waals surface area contributed by atoms with Crippen LogP contribution in [-0.2, 0) is 5.41 Å². The summed E-state index contributed by atoms with van der Waals surface area (Å²) in [6.07, 6.45) is 1.84. The zero-order valence-corrected chi connectivity index (χ0v) is 18.1. The van der Waals surface area contributed by atoms with Crippen molar-refractivity contribution < 1.29 is 8.83 Å². The lowest BCUT2D eigenvalue weighted by Crippen LogP contribution is -2.12. The van der Waals surface area contributed by atoms with Gasteiger partial charge < -0.3 is 8.83 Å². The Morgan fingerprint density at radius 1 is 0.774 bits per heavy atom. The number of nitrogens with zero attached hydrogens (tertiary/aromatic N) is 1. The molecular weight excluding hydrogens is 382 g/mol. The summed E-state index contributed by atoms with van der Waals surface area (Å²) >= 11 is 0. The normalized spacial score (nSPS) is 12.5. The van der Waals surface area contributed by atoms with E-state index in [0.717, 1.165) is 49.9 Å². The van der Waals surface area contributed by atoms with Crippen molar-refractivity contribution >= 4 is 43.7 Å². The van der Waals surface area contributed by atoms with Gasteiger partial charge in [0.1, 0.15) is 22.5 Å². The molecule has 6 aromatic rings. The smallest absolute Gasteiger partial charge is 0.146 e. The van der Waals surface area contributed by atoms with Gasteiger partial charge in [0, 0.05) is 17.1 Å². The van der Waals surface area contributed by atoms with Gasteiger partial charge in [0.25, 0.3) is 0 Å². The third kappa shape index (κ3) is 2.70. The van der Waals surface area contributed by atoms with Gasteiger partial charge in [0.05, 0.1) is 16.5 Å². The standard InChI is InChI=1S/C28H23NO2/c1-16-13-21-23(30-16)10-9-20-25-24(31-27(20)21)11-12-29-26(25)18-14-17-7-5-6-8-19(17)22(15-18)28(2,3)4/h5-15H,1-4H3. The minimum absolute atomic E-state index is 0.0163. The van der Waals surface area contributed by atoms with Crippen LogP contribution in [0.5, 0.6) is 0 Å². The summed E-state index contributed by atoms with van der Waals surface area (Å²) < 4.78 is 12.1. The molecule has 3 aromatic heterocycles. The number of rotatable bonds is 1. The Labute approximate surface area is 180 Å². The van der Waals surface area contributed by atoms with Crippen LogP contribution in [0.2, 0.25) is 0 Å². The Kier molecular flexibility index (Phi) is 3.64. The molecule has 0 aliphatic rings. The average molecular weight is 405 g/mol. The van der Waals surface area contributed by atoms with Gasteiger partial charge in [-0.2, -0.15) is 0 Å². The molecule has 0 bridgehead atoms. The molecule has 0 saturated heterocycles. The molecule has 3 aromatic carbocycles. The van der Waals surface area contributed by atoms with Crippen molar-refractivity contribution in [1.29, 1.82) is 0 Å².